The zero-order valence-electron chi connectivity index (χ0n) is 20.4. The Morgan fingerprint density at radius 1 is 1.24 bits per heavy atom. The lowest BCUT2D eigenvalue weighted by molar-refractivity contribution is -0.173. The van der Waals surface area contributed by atoms with Crippen molar-refractivity contribution >= 4 is 39.2 Å². The number of ether oxygens (including phenoxy) is 2. The molecule has 208 valence electrons. The van der Waals surface area contributed by atoms with Crippen LogP contribution in [0, 0.1) is 0 Å². The van der Waals surface area contributed by atoms with E-state index in [1.54, 1.807) is 44.2 Å². The lowest BCUT2D eigenvalue weighted by atomic mass is 10.2. The van der Waals surface area contributed by atoms with E-state index < -0.39 is 46.9 Å². The number of amides is 2. The SMILES string of the molecule is CC(C)(CNC(=O)C(F)(F)F)SSCOC1C[C@H](n2ccc(NC(=O)c3ccccc3)nc2=O)O[C@@H]1CO. The minimum absolute atomic E-state index is 0.0760. The van der Waals surface area contributed by atoms with E-state index in [9.17, 15) is 32.7 Å². The second-order valence-corrected chi connectivity index (χ2v) is 11.8. The number of hydrogen-bond donors (Lipinski definition) is 3. The van der Waals surface area contributed by atoms with Gasteiger partial charge in [-0.3, -0.25) is 14.2 Å². The summed E-state index contributed by atoms with van der Waals surface area (Å²) in [4.78, 5) is 39.8. The third-order valence-corrected chi connectivity index (χ3v) is 8.27. The third kappa shape index (κ3) is 8.46. The summed E-state index contributed by atoms with van der Waals surface area (Å²) in [5.74, 6) is -2.21. The summed E-state index contributed by atoms with van der Waals surface area (Å²) in [7, 11) is 2.46. The Kier molecular flexibility index (Phi) is 10.2. The van der Waals surface area contributed by atoms with Gasteiger partial charge in [-0.1, -0.05) is 39.8 Å². The highest BCUT2D eigenvalue weighted by Crippen LogP contribution is 2.37. The molecule has 0 bridgehead atoms. The molecular weight excluding hydrogens is 549 g/mol. The van der Waals surface area contributed by atoms with Crippen LogP contribution >= 0.6 is 21.6 Å². The molecule has 1 fully saturated rings. The highest BCUT2D eigenvalue weighted by molar-refractivity contribution is 8.77. The summed E-state index contributed by atoms with van der Waals surface area (Å²) in [6.45, 7) is 2.80. The van der Waals surface area contributed by atoms with Crippen molar-refractivity contribution in [2.45, 2.75) is 49.6 Å². The van der Waals surface area contributed by atoms with Gasteiger partial charge in [0.1, 0.15) is 24.1 Å². The first-order chi connectivity index (χ1) is 17.9. The van der Waals surface area contributed by atoms with Crippen LogP contribution in [0.2, 0.25) is 0 Å². The standard InChI is InChI=1S/C23H27F3N4O6S2/c1-22(2,12-27-20(33)23(24,25)26)38-37-13-35-15-10-18(36-16(15)11-31)30-9-8-17(29-21(30)34)28-19(32)14-6-4-3-5-7-14/h3-9,15-16,18,31H,10-13H2,1-2H3,(H,27,33)(H,28,29,32,34)/t15?,16-,18-/m1/s1. The first kappa shape index (κ1) is 30.0. The fourth-order valence-corrected chi connectivity index (χ4v) is 5.59. The fraction of sp³-hybridized carbons (Fsp3) is 0.478. The van der Waals surface area contributed by atoms with Crippen LogP contribution in [0.5, 0.6) is 0 Å². The second kappa shape index (κ2) is 13.0. The van der Waals surface area contributed by atoms with E-state index in [0.29, 0.717) is 5.56 Å². The molecule has 1 aliphatic heterocycles. The quantitative estimate of drug-likeness (QED) is 0.210. The van der Waals surface area contributed by atoms with Crippen molar-refractivity contribution in [3.63, 3.8) is 0 Å². The van der Waals surface area contributed by atoms with Crippen molar-refractivity contribution in [1.29, 1.82) is 0 Å². The number of hydrogen-bond acceptors (Lipinski definition) is 9. The summed E-state index contributed by atoms with van der Waals surface area (Å²) < 4.78 is 49.2. The molecule has 0 aliphatic carbocycles. The number of benzene rings is 1. The minimum atomic E-state index is -4.94. The Balaban J connectivity index is 1.50. The molecule has 3 rings (SSSR count). The number of aliphatic hydroxyl groups excluding tert-OH is 1. The van der Waals surface area contributed by atoms with Crippen molar-refractivity contribution in [3.8, 4) is 0 Å². The van der Waals surface area contributed by atoms with Crippen LogP contribution < -0.4 is 16.3 Å². The van der Waals surface area contributed by atoms with Gasteiger partial charge < -0.3 is 25.2 Å². The number of nitrogens with one attached hydrogen (secondary N) is 2. The molecule has 1 aliphatic rings. The van der Waals surface area contributed by atoms with Gasteiger partial charge in [-0.2, -0.15) is 18.2 Å². The lowest BCUT2D eigenvalue weighted by Crippen LogP contribution is -2.42. The highest BCUT2D eigenvalue weighted by Gasteiger charge is 2.40. The Morgan fingerprint density at radius 3 is 2.58 bits per heavy atom. The van der Waals surface area contributed by atoms with Crippen LogP contribution in [0.1, 0.15) is 36.9 Å². The average Bonchev–Trinajstić information content (AvgIpc) is 3.28. The molecule has 1 saturated heterocycles. The van der Waals surface area contributed by atoms with Crippen molar-refractivity contribution in [2.75, 3.05) is 24.4 Å². The number of alkyl halides is 3. The second-order valence-electron chi connectivity index (χ2n) is 8.83. The zero-order chi connectivity index (χ0) is 27.9. The molecular formula is C23H27F3N4O6S2. The predicted octanol–water partition coefficient (Wildman–Crippen LogP) is 2.96. The fourth-order valence-electron chi connectivity index (χ4n) is 3.41. The van der Waals surface area contributed by atoms with E-state index in [4.69, 9.17) is 9.47 Å². The molecule has 0 radical (unpaired) electrons. The molecule has 0 spiro atoms. The minimum Gasteiger partial charge on any atom is -0.394 e. The van der Waals surface area contributed by atoms with E-state index in [-0.39, 0.29) is 31.3 Å². The molecule has 0 saturated carbocycles. The number of aliphatic hydroxyl groups is 1. The van der Waals surface area contributed by atoms with Crippen LogP contribution in [0.15, 0.2) is 47.4 Å². The Labute approximate surface area is 224 Å². The normalized spacial score (nSPS) is 19.8. The maximum absolute atomic E-state index is 12.6. The molecule has 2 heterocycles. The molecule has 1 aromatic heterocycles. The molecule has 38 heavy (non-hydrogen) atoms. The van der Waals surface area contributed by atoms with Crippen molar-refractivity contribution < 1.29 is 37.3 Å². The van der Waals surface area contributed by atoms with Gasteiger partial charge in [-0.25, -0.2) is 4.79 Å². The van der Waals surface area contributed by atoms with E-state index in [0.717, 1.165) is 0 Å². The Bertz CT molecular complexity index is 1170. The summed E-state index contributed by atoms with van der Waals surface area (Å²) >= 11 is 0. The molecule has 2 amide bonds. The maximum atomic E-state index is 12.6. The summed E-state index contributed by atoms with van der Waals surface area (Å²) in [5, 5.41) is 14.1. The van der Waals surface area contributed by atoms with Gasteiger partial charge in [0.2, 0.25) is 0 Å². The Hall–Kier alpha value is -2.59. The first-order valence-electron chi connectivity index (χ1n) is 11.4. The number of anilines is 1. The van der Waals surface area contributed by atoms with E-state index in [2.05, 4.69) is 10.3 Å². The number of carbonyl (C=O) groups excluding carboxylic acids is 2. The molecule has 10 nitrogen and oxygen atoms in total. The van der Waals surface area contributed by atoms with Crippen LogP contribution in [-0.2, 0) is 14.3 Å². The van der Waals surface area contributed by atoms with Crippen LogP contribution in [0.3, 0.4) is 0 Å². The number of carbonyl (C=O) groups is 2. The zero-order valence-corrected chi connectivity index (χ0v) is 22.1. The van der Waals surface area contributed by atoms with Crippen molar-refractivity contribution in [1.82, 2.24) is 14.9 Å². The smallest absolute Gasteiger partial charge is 0.394 e. The van der Waals surface area contributed by atoms with Gasteiger partial charge in [0.15, 0.2) is 0 Å². The summed E-state index contributed by atoms with van der Waals surface area (Å²) in [5.41, 5.74) is -0.250. The van der Waals surface area contributed by atoms with Gasteiger partial charge in [0, 0.05) is 29.5 Å². The van der Waals surface area contributed by atoms with Crippen molar-refractivity contribution in [3.05, 3.63) is 58.6 Å². The van der Waals surface area contributed by atoms with Gasteiger partial charge in [-0.15, -0.1) is 0 Å². The molecule has 1 aromatic carbocycles. The number of aromatic nitrogens is 2. The topological polar surface area (TPSA) is 132 Å². The van der Waals surface area contributed by atoms with Crippen LogP contribution in [0.4, 0.5) is 19.0 Å². The molecule has 15 heteroatoms. The molecule has 3 N–H and O–H groups in total. The number of rotatable bonds is 11. The predicted molar refractivity (Wildman–Crippen MR) is 137 cm³/mol. The lowest BCUT2D eigenvalue weighted by Gasteiger charge is -2.24. The largest absolute Gasteiger partial charge is 0.471 e. The van der Waals surface area contributed by atoms with Gasteiger partial charge in [0.05, 0.1) is 12.7 Å². The molecule has 1 unspecified atom stereocenters. The molecule has 2 aromatic rings. The maximum Gasteiger partial charge on any atom is 0.471 e. The first-order valence-corrected chi connectivity index (χ1v) is 13.7. The van der Waals surface area contributed by atoms with E-state index in [1.807, 2.05) is 5.32 Å². The molecule has 3 atom stereocenters. The summed E-state index contributed by atoms with van der Waals surface area (Å²) in [6.07, 6.45) is -5.31. The van der Waals surface area contributed by atoms with Crippen LogP contribution in [-0.4, -0.2) is 68.7 Å². The third-order valence-electron chi connectivity index (χ3n) is 5.33. The Morgan fingerprint density at radius 2 is 1.95 bits per heavy atom. The van der Waals surface area contributed by atoms with Crippen molar-refractivity contribution in [2.24, 2.45) is 0 Å². The average molecular weight is 577 g/mol. The monoisotopic (exact) mass is 576 g/mol. The number of halogens is 3. The van der Waals surface area contributed by atoms with Gasteiger partial charge in [-0.05, 0) is 32.0 Å². The van der Waals surface area contributed by atoms with Gasteiger partial charge >= 0.3 is 17.8 Å². The van der Waals surface area contributed by atoms with Crippen LogP contribution in [0.25, 0.3) is 0 Å². The van der Waals surface area contributed by atoms with Gasteiger partial charge in [0.25, 0.3) is 5.91 Å². The summed E-state index contributed by atoms with van der Waals surface area (Å²) in [6, 6.07) is 9.91. The van der Waals surface area contributed by atoms with E-state index in [1.165, 1.54) is 38.4 Å². The van der Waals surface area contributed by atoms with E-state index >= 15 is 0 Å². The highest BCUT2D eigenvalue weighted by atomic mass is 33.1. The number of nitrogens with zero attached hydrogens (tertiary/aromatic N) is 2.